The zero-order valence-electron chi connectivity index (χ0n) is 8.46. The van der Waals surface area contributed by atoms with Crippen molar-refractivity contribution in [3.05, 3.63) is 28.2 Å². The van der Waals surface area contributed by atoms with Crippen LogP contribution in [0.15, 0.2) is 22.7 Å². The van der Waals surface area contributed by atoms with Gasteiger partial charge in [-0.1, -0.05) is 29.8 Å². The Bertz CT molecular complexity index is 297. The third-order valence-electron chi connectivity index (χ3n) is 1.94. The first kappa shape index (κ1) is 11.5. The molecule has 1 aromatic carbocycles. The maximum atomic E-state index is 8.68. The van der Waals surface area contributed by atoms with Crippen LogP contribution in [0.2, 0.25) is 0 Å². The summed E-state index contributed by atoms with van der Waals surface area (Å²) in [6, 6.07) is 5.92. The fourth-order valence-corrected chi connectivity index (χ4v) is 1.64. The van der Waals surface area contributed by atoms with E-state index in [-0.39, 0.29) is 6.61 Å². The number of aliphatic hydroxyl groups is 1. The van der Waals surface area contributed by atoms with Gasteiger partial charge in [-0.3, -0.25) is 0 Å². The molecule has 0 aliphatic rings. The highest BCUT2D eigenvalue weighted by atomic mass is 79.9. The highest BCUT2D eigenvalue weighted by molar-refractivity contribution is 9.10. The summed E-state index contributed by atoms with van der Waals surface area (Å²) in [6.07, 6.45) is 0. The van der Waals surface area contributed by atoms with E-state index in [1.807, 2.05) is 12.1 Å². The average Bonchev–Trinajstić information content (AvgIpc) is 2.15. The molecule has 0 heterocycles. The van der Waals surface area contributed by atoms with Crippen molar-refractivity contribution in [2.24, 2.45) is 0 Å². The molecule has 1 aromatic rings. The van der Waals surface area contributed by atoms with Crippen molar-refractivity contribution in [2.75, 3.05) is 13.2 Å². The number of halogens is 1. The summed E-state index contributed by atoms with van der Waals surface area (Å²) in [7, 11) is 0. The van der Waals surface area contributed by atoms with Gasteiger partial charge in [0.1, 0.15) is 12.4 Å². The lowest BCUT2D eigenvalue weighted by Gasteiger charge is -2.13. The summed E-state index contributed by atoms with van der Waals surface area (Å²) < 4.78 is 6.49. The average molecular weight is 259 g/mol. The molecule has 0 saturated heterocycles. The third-order valence-corrected chi connectivity index (χ3v) is 2.44. The van der Waals surface area contributed by atoms with Crippen LogP contribution in [-0.2, 0) is 0 Å². The maximum Gasteiger partial charge on any atom is 0.122 e. The molecule has 14 heavy (non-hydrogen) atoms. The van der Waals surface area contributed by atoms with Gasteiger partial charge in [-0.25, -0.2) is 0 Å². The lowest BCUT2D eigenvalue weighted by molar-refractivity contribution is 0.200. The molecule has 0 bridgehead atoms. The molecule has 0 aliphatic carbocycles. The molecule has 0 aliphatic heterocycles. The van der Waals surface area contributed by atoms with Crippen LogP contribution in [0.1, 0.15) is 25.3 Å². The Balaban J connectivity index is 2.90. The minimum Gasteiger partial charge on any atom is -0.491 e. The van der Waals surface area contributed by atoms with Crippen molar-refractivity contribution in [2.45, 2.75) is 19.8 Å². The van der Waals surface area contributed by atoms with Crippen LogP contribution in [0, 0.1) is 0 Å². The van der Waals surface area contributed by atoms with E-state index in [1.54, 1.807) is 0 Å². The molecule has 1 N–H and O–H groups in total. The molecule has 0 aromatic heterocycles. The van der Waals surface area contributed by atoms with E-state index in [4.69, 9.17) is 9.84 Å². The molecule has 0 fully saturated rings. The molecule has 0 amide bonds. The maximum absolute atomic E-state index is 8.68. The molecule has 0 spiro atoms. The first-order valence-electron chi connectivity index (χ1n) is 4.68. The molecule has 78 valence electrons. The zero-order valence-corrected chi connectivity index (χ0v) is 10.0. The summed E-state index contributed by atoms with van der Waals surface area (Å²) in [5.41, 5.74) is 1.16. The van der Waals surface area contributed by atoms with Gasteiger partial charge in [-0.15, -0.1) is 0 Å². The van der Waals surface area contributed by atoms with E-state index < -0.39 is 0 Å². The quantitative estimate of drug-likeness (QED) is 0.900. The van der Waals surface area contributed by atoms with E-state index in [9.17, 15) is 0 Å². The Morgan fingerprint density at radius 3 is 2.71 bits per heavy atom. The number of aliphatic hydroxyl groups excluding tert-OH is 1. The van der Waals surface area contributed by atoms with Gasteiger partial charge in [0, 0.05) is 4.47 Å². The predicted molar refractivity (Wildman–Crippen MR) is 60.8 cm³/mol. The summed E-state index contributed by atoms with van der Waals surface area (Å²) in [6.45, 7) is 4.64. The van der Waals surface area contributed by atoms with Crippen LogP contribution >= 0.6 is 15.9 Å². The molecule has 0 atom stereocenters. The minimum atomic E-state index is 0.0492. The van der Waals surface area contributed by atoms with Gasteiger partial charge in [-0.05, 0) is 29.7 Å². The standard InChI is InChI=1S/C11H15BrO2/c1-8(2)10-7-9(12)3-4-11(10)14-6-5-13/h3-4,7-8,13H,5-6H2,1-2H3. The van der Waals surface area contributed by atoms with Gasteiger partial charge < -0.3 is 9.84 Å². The molecule has 0 unspecified atom stereocenters. The minimum absolute atomic E-state index is 0.0492. The fraction of sp³-hybridized carbons (Fsp3) is 0.455. The van der Waals surface area contributed by atoms with Crippen molar-refractivity contribution in [1.82, 2.24) is 0 Å². The molecule has 2 nitrogen and oxygen atoms in total. The second-order valence-electron chi connectivity index (χ2n) is 3.41. The third kappa shape index (κ3) is 3.00. The number of ether oxygens (including phenoxy) is 1. The van der Waals surface area contributed by atoms with E-state index in [0.717, 1.165) is 15.8 Å². The van der Waals surface area contributed by atoms with Crippen LogP contribution in [-0.4, -0.2) is 18.3 Å². The van der Waals surface area contributed by atoms with Crippen LogP contribution in [0.3, 0.4) is 0 Å². The van der Waals surface area contributed by atoms with E-state index >= 15 is 0 Å². The van der Waals surface area contributed by atoms with Crippen molar-refractivity contribution in [3.63, 3.8) is 0 Å². The molecular weight excluding hydrogens is 244 g/mol. The second kappa shape index (κ2) is 5.37. The highest BCUT2D eigenvalue weighted by Crippen LogP contribution is 2.29. The Morgan fingerprint density at radius 2 is 2.14 bits per heavy atom. The summed E-state index contributed by atoms with van der Waals surface area (Å²) in [4.78, 5) is 0. The summed E-state index contributed by atoms with van der Waals surface area (Å²) in [5.74, 6) is 1.28. The second-order valence-corrected chi connectivity index (χ2v) is 4.32. The van der Waals surface area contributed by atoms with E-state index in [1.165, 1.54) is 0 Å². The smallest absolute Gasteiger partial charge is 0.122 e. The summed E-state index contributed by atoms with van der Waals surface area (Å²) >= 11 is 3.43. The van der Waals surface area contributed by atoms with Crippen LogP contribution in [0.5, 0.6) is 5.75 Å². The van der Waals surface area contributed by atoms with Crippen LogP contribution in [0.25, 0.3) is 0 Å². The predicted octanol–water partition coefficient (Wildman–Crippen LogP) is 2.94. The Kier molecular flexibility index (Phi) is 4.42. The molecule has 3 heteroatoms. The molecule has 0 saturated carbocycles. The number of hydrogen-bond acceptors (Lipinski definition) is 2. The highest BCUT2D eigenvalue weighted by Gasteiger charge is 2.07. The fourth-order valence-electron chi connectivity index (χ4n) is 1.26. The number of rotatable bonds is 4. The zero-order chi connectivity index (χ0) is 10.6. The van der Waals surface area contributed by atoms with Gasteiger partial charge in [-0.2, -0.15) is 0 Å². The van der Waals surface area contributed by atoms with Crippen LogP contribution < -0.4 is 4.74 Å². The Hall–Kier alpha value is -0.540. The van der Waals surface area contributed by atoms with Crippen molar-refractivity contribution >= 4 is 15.9 Å². The van der Waals surface area contributed by atoms with Crippen molar-refractivity contribution < 1.29 is 9.84 Å². The van der Waals surface area contributed by atoms with Crippen molar-refractivity contribution in [3.8, 4) is 5.75 Å². The van der Waals surface area contributed by atoms with Gasteiger partial charge in [0.2, 0.25) is 0 Å². The molecule has 0 radical (unpaired) electrons. The number of benzene rings is 1. The lowest BCUT2D eigenvalue weighted by Crippen LogP contribution is -2.04. The lowest BCUT2D eigenvalue weighted by atomic mass is 10.0. The number of hydrogen-bond donors (Lipinski definition) is 1. The topological polar surface area (TPSA) is 29.5 Å². The largest absolute Gasteiger partial charge is 0.491 e. The summed E-state index contributed by atoms with van der Waals surface area (Å²) in [5, 5.41) is 8.68. The Labute approximate surface area is 93.0 Å². The van der Waals surface area contributed by atoms with Gasteiger partial charge in [0.05, 0.1) is 6.61 Å². The van der Waals surface area contributed by atoms with Crippen molar-refractivity contribution in [1.29, 1.82) is 0 Å². The monoisotopic (exact) mass is 258 g/mol. The van der Waals surface area contributed by atoms with Gasteiger partial charge >= 0.3 is 0 Å². The Morgan fingerprint density at radius 1 is 1.43 bits per heavy atom. The first-order chi connectivity index (χ1) is 6.65. The molecule has 1 rings (SSSR count). The normalized spacial score (nSPS) is 10.6. The van der Waals surface area contributed by atoms with E-state index in [2.05, 4.69) is 35.8 Å². The van der Waals surface area contributed by atoms with Gasteiger partial charge in [0.15, 0.2) is 0 Å². The van der Waals surface area contributed by atoms with Crippen LogP contribution in [0.4, 0.5) is 0 Å². The van der Waals surface area contributed by atoms with Gasteiger partial charge in [0.25, 0.3) is 0 Å². The SMILES string of the molecule is CC(C)c1cc(Br)ccc1OCCO. The molecular formula is C11H15BrO2. The first-order valence-corrected chi connectivity index (χ1v) is 5.47. The van der Waals surface area contributed by atoms with E-state index in [0.29, 0.717) is 12.5 Å².